The largest absolute Gasteiger partial charge is 0.488 e. The predicted molar refractivity (Wildman–Crippen MR) is 149 cm³/mol. The minimum absolute atomic E-state index is 0.116. The van der Waals surface area contributed by atoms with Gasteiger partial charge >= 0.3 is 0 Å². The number of hydrogen-bond acceptors (Lipinski definition) is 6. The standard InChI is InChI=1S/C31H29N3O5/c1-20(2)29(33-30(35)23-13-15-27-28(16-23)39-19-38-27)31(36)34-32-17-25-24-11-7-6-10-22(24)12-14-26(25)37-18-21-8-4-3-5-9-21/h3-17,20,29H,18-19H2,1-2H3,(H,33,35)(H,34,36). The van der Waals surface area contributed by atoms with E-state index in [1.807, 2.05) is 80.6 Å². The van der Waals surface area contributed by atoms with Gasteiger partial charge in [0.2, 0.25) is 6.79 Å². The van der Waals surface area contributed by atoms with Crippen molar-refractivity contribution >= 4 is 28.8 Å². The third-order valence-corrected chi connectivity index (χ3v) is 6.41. The zero-order chi connectivity index (χ0) is 27.2. The highest BCUT2D eigenvalue weighted by Gasteiger charge is 2.25. The molecule has 1 atom stereocenters. The Kier molecular flexibility index (Phi) is 7.73. The summed E-state index contributed by atoms with van der Waals surface area (Å²) in [6.45, 7) is 4.22. The van der Waals surface area contributed by atoms with Crippen LogP contribution < -0.4 is 25.0 Å². The Morgan fingerprint density at radius 3 is 2.54 bits per heavy atom. The number of nitrogens with zero attached hydrogens (tertiary/aromatic N) is 1. The lowest BCUT2D eigenvalue weighted by Crippen LogP contribution is -2.48. The van der Waals surface area contributed by atoms with Crippen LogP contribution in [0.2, 0.25) is 0 Å². The van der Waals surface area contributed by atoms with Crippen LogP contribution in [-0.4, -0.2) is 30.9 Å². The quantitative estimate of drug-likeness (QED) is 0.236. The fraction of sp³-hybridized carbons (Fsp3) is 0.194. The molecule has 0 radical (unpaired) electrons. The third kappa shape index (κ3) is 6.01. The Balaban J connectivity index is 1.31. The number of nitrogens with one attached hydrogen (secondary N) is 2. The van der Waals surface area contributed by atoms with Gasteiger partial charge in [-0.3, -0.25) is 9.59 Å². The summed E-state index contributed by atoms with van der Waals surface area (Å²) in [5.41, 5.74) is 4.75. The van der Waals surface area contributed by atoms with Crippen LogP contribution in [0.15, 0.2) is 90.0 Å². The second kappa shape index (κ2) is 11.7. The predicted octanol–water partition coefficient (Wildman–Crippen LogP) is 5.05. The minimum atomic E-state index is -0.804. The summed E-state index contributed by atoms with van der Waals surface area (Å²) < 4.78 is 16.8. The van der Waals surface area contributed by atoms with Crippen LogP contribution in [0.1, 0.15) is 35.3 Å². The lowest BCUT2D eigenvalue weighted by Gasteiger charge is -2.20. The van der Waals surface area contributed by atoms with Crippen molar-refractivity contribution in [3.05, 3.63) is 102 Å². The maximum atomic E-state index is 13.1. The van der Waals surface area contributed by atoms with E-state index in [4.69, 9.17) is 14.2 Å². The molecule has 1 heterocycles. The molecule has 8 nitrogen and oxygen atoms in total. The van der Waals surface area contributed by atoms with Gasteiger partial charge in [0.1, 0.15) is 18.4 Å². The summed E-state index contributed by atoms with van der Waals surface area (Å²) in [6, 6.07) is 25.8. The molecule has 0 aliphatic carbocycles. The highest BCUT2D eigenvalue weighted by Crippen LogP contribution is 2.32. The van der Waals surface area contributed by atoms with Crippen molar-refractivity contribution in [1.82, 2.24) is 10.7 Å². The number of hydrogen-bond donors (Lipinski definition) is 2. The Hall–Kier alpha value is -4.85. The molecule has 0 bridgehead atoms. The first-order valence-electron chi connectivity index (χ1n) is 12.7. The molecular formula is C31H29N3O5. The fourth-order valence-electron chi connectivity index (χ4n) is 4.30. The molecule has 8 heteroatoms. The van der Waals surface area contributed by atoms with Crippen LogP contribution in [0.25, 0.3) is 10.8 Å². The molecular weight excluding hydrogens is 494 g/mol. The van der Waals surface area contributed by atoms with Crippen molar-refractivity contribution in [1.29, 1.82) is 0 Å². The number of rotatable bonds is 9. The zero-order valence-corrected chi connectivity index (χ0v) is 21.7. The summed E-state index contributed by atoms with van der Waals surface area (Å²) in [7, 11) is 0. The molecule has 1 unspecified atom stereocenters. The van der Waals surface area contributed by atoms with Crippen molar-refractivity contribution in [3.63, 3.8) is 0 Å². The van der Waals surface area contributed by atoms with Crippen LogP contribution in [0, 0.1) is 5.92 Å². The molecule has 2 amide bonds. The van der Waals surface area contributed by atoms with Gasteiger partial charge in [0.15, 0.2) is 11.5 Å². The van der Waals surface area contributed by atoms with Gasteiger partial charge in [-0.25, -0.2) is 5.43 Å². The third-order valence-electron chi connectivity index (χ3n) is 6.41. The van der Waals surface area contributed by atoms with Gasteiger partial charge in [0, 0.05) is 11.1 Å². The lowest BCUT2D eigenvalue weighted by molar-refractivity contribution is -0.123. The summed E-state index contributed by atoms with van der Waals surface area (Å²) in [6.07, 6.45) is 1.58. The topological polar surface area (TPSA) is 98.2 Å². The van der Waals surface area contributed by atoms with Crippen LogP contribution in [0.5, 0.6) is 17.2 Å². The van der Waals surface area contributed by atoms with Gasteiger partial charge in [-0.1, -0.05) is 74.5 Å². The summed E-state index contributed by atoms with van der Waals surface area (Å²) in [5.74, 6) is 0.726. The molecule has 4 aromatic rings. The van der Waals surface area contributed by atoms with Crippen molar-refractivity contribution in [2.24, 2.45) is 11.0 Å². The van der Waals surface area contributed by atoms with E-state index in [-0.39, 0.29) is 12.7 Å². The maximum Gasteiger partial charge on any atom is 0.262 e. The number of hydrazone groups is 1. The van der Waals surface area contributed by atoms with Crippen molar-refractivity contribution in [2.75, 3.05) is 6.79 Å². The van der Waals surface area contributed by atoms with Crippen LogP contribution in [0.4, 0.5) is 0 Å². The average molecular weight is 524 g/mol. The van der Waals surface area contributed by atoms with Gasteiger partial charge in [-0.05, 0) is 46.5 Å². The highest BCUT2D eigenvalue weighted by molar-refractivity contribution is 6.03. The number of ether oxygens (including phenoxy) is 3. The Morgan fingerprint density at radius 2 is 1.72 bits per heavy atom. The van der Waals surface area contributed by atoms with Gasteiger partial charge in [0.25, 0.3) is 11.8 Å². The van der Waals surface area contributed by atoms with E-state index in [1.54, 1.807) is 24.4 Å². The molecule has 39 heavy (non-hydrogen) atoms. The molecule has 2 N–H and O–H groups in total. The van der Waals surface area contributed by atoms with E-state index in [0.29, 0.717) is 29.4 Å². The highest BCUT2D eigenvalue weighted by atomic mass is 16.7. The maximum absolute atomic E-state index is 13.1. The number of carbonyl (C=O) groups is 2. The van der Waals surface area contributed by atoms with Gasteiger partial charge in [-0.2, -0.15) is 5.10 Å². The molecule has 198 valence electrons. The van der Waals surface area contributed by atoms with E-state index < -0.39 is 17.9 Å². The van der Waals surface area contributed by atoms with Crippen molar-refractivity contribution in [2.45, 2.75) is 26.5 Å². The van der Waals surface area contributed by atoms with E-state index in [9.17, 15) is 9.59 Å². The van der Waals surface area contributed by atoms with Gasteiger partial charge in [-0.15, -0.1) is 0 Å². The normalized spacial score (nSPS) is 13.0. The zero-order valence-electron chi connectivity index (χ0n) is 21.7. The minimum Gasteiger partial charge on any atom is -0.488 e. The first kappa shape index (κ1) is 25.8. The molecule has 0 spiro atoms. The molecule has 0 fully saturated rings. The van der Waals surface area contributed by atoms with Gasteiger partial charge < -0.3 is 19.5 Å². The smallest absolute Gasteiger partial charge is 0.262 e. The molecule has 0 aromatic heterocycles. The second-order valence-electron chi connectivity index (χ2n) is 9.47. The summed E-state index contributed by atoms with van der Waals surface area (Å²) >= 11 is 0. The summed E-state index contributed by atoms with van der Waals surface area (Å²) in [5, 5.41) is 9.02. The average Bonchev–Trinajstić information content (AvgIpc) is 3.43. The van der Waals surface area contributed by atoms with Crippen molar-refractivity contribution in [3.8, 4) is 17.2 Å². The van der Waals surface area contributed by atoms with E-state index in [0.717, 1.165) is 21.9 Å². The SMILES string of the molecule is CC(C)C(NC(=O)c1ccc2c(c1)OCO2)C(=O)NN=Cc1c(OCc2ccccc2)ccc2ccccc12. The lowest BCUT2D eigenvalue weighted by atomic mass is 10.0. The number of benzene rings is 4. The monoisotopic (exact) mass is 523 g/mol. The van der Waals surface area contributed by atoms with Crippen molar-refractivity contribution < 1.29 is 23.8 Å². The van der Waals surface area contributed by atoms with Crippen LogP contribution in [0.3, 0.4) is 0 Å². The van der Waals surface area contributed by atoms with E-state index >= 15 is 0 Å². The number of fused-ring (bicyclic) bond motifs is 2. The second-order valence-corrected chi connectivity index (χ2v) is 9.47. The van der Waals surface area contributed by atoms with E-state index in [2.05, 4.69) is 15.8 Å². The molecule has 4 aromatic carbocycles. The van der Waals surface area contributed by atoms with Crippen LogP contribution >= 0.6 is 0 Å². The fourth-order valence-corrected chi connectivity index (χ4v) is 4.30. The Bertz CT molecular complexity index is 1520. The molecule has 1 aliphatic heterocycles. The van der Waals surface area contributed by atoms with Crippen LogP contribution in [-0.2, 0) is 11.4 Å². The first-order chi connectivity index (χ1) is 19.0. The first-order valence-corrected chi connectivity index (χ1v) is 12.7. The Morgan fingerprint density at radius 1 is 0.949 bits per heavy atom. The number of amides is 2. The molecule has 1 aliphatic rings. The van der Waals surface area contributed by atoms with E-state index in [1.165, 1.54) is 0 Å². The Labute approximate surface area is 226 Å². The van der Waals surface area contributed by atoms with Gasteiger partial charge in [0.05, 0.1) is 6.21 Å². The molecule has 0 saturated carbocycles. The molecule has 0 saturated heterocycles. The summed E-state index contributed by atoms with van der Waals surface area (Å²) in [4.78, 5) is 26.0. The number of carbonyl (C=O) groups excluding carboxylic acids is 2. The molecule has 5 rings (SSSR count).